The Kier molecular flexibility index (Phi) is 4.35. The maximum absolute atomic E-state index is 12.7. The topological polar surface area (TPSA) is 47.3 Å². The molecule has 1 aliphatic rings. The second-order valence-electron chi connectivity index (χ2n) is 5.07. The minimum absolute atomic E-state index is 0.238. The van der Waals surface area contributed by atoms with Crippen LogP contribution in [0, 0.1) is 18.3 Å². The van der Waals surface area contributed by atoms with E-state index in [9.17, 15) is 18.3 Å². The van der Waals surface area contributed by atoms with Crippen molar-refractivity contribution in [3.8, 4) is 6.07 Å². The van der Waals surface area contributed by atoms with Gasteiger partial charge in [0.2, 0.25) is 0 Å². The minimum Gasteiger partial charge on any atom is -0.382 e. The molecule has 1 saturated heterocycles. The summed E-state index contributed by atoms with van der Waals surface area (Å²) in [6, 6.07) is 3.98. The van der Waals surface area contributed by atoms with Gasteiger partial charge in [0.15, 0.2) is 6.10 Å². The average Bonchev–Trinajstić information content (AvgIpc) is 2.88. The van der Waals surface area contributed by atoms with E-state index in [0.717, 1.165) is 0 Å². The quantitative estimate of drug-likeness (QED) is 0.909. The third kappa shape index (κ3) is 2.94. The number of aliphatic hydroxyl groups is 1. The van der Waals surface area contributed by atoms with Gasteiger partial charge in [-0.25, -0.2) is 0 Å². The molecule has 0 amide bonds. The van der Waals surface area contributed by atoms with Gasteiger partial charge in [0.25, 0.3) is 0 Å². The number of nitriles is 1. The van der Waals surface area contributed by atoms with Crippen LogP contribution < -0.4 is 4.90 Å². The number of halogens is 4. The summed E-state index contributed by atoms with van der Waals surface area (Å²) in [4.78, 5) is 1.53. The maximum atomic E-state index is 12.7. The number of anilines is 1. The Balaban J connectivity index is 2.38. The largest absolute Gasteiger partial charge is 0.416 e. The first-order valence-electron chi connectivity index (χ1n) is 6.48. The Labute approximate surface area is 125 Å². The van der Waals surface area contributed by atoms with E-state index in [1.807, 2.05) is 6.07 Å². The Morgan fingerprint density at radius 2 is 2.14 bits per heavy atom. The van der Waals surface area contributed by atoms with Crippen LogP contribution in [0.3, 0.4) is 0 Å². The summed E-state index contributed by atoms with van der Waals surface area (Å²) in [5.41, 5.74) is 1.37. The highest BCUT2D eigenvalue weighted by Gasteiger charge is 2.47. The molecule has 3 nitrogen and oxygen atoms in total. The lowest BCUT2D eigenvalue weighted by Gasteiger charge is -2.32. The summed E-state index contributed by atoms with van der Waals surface area (Å²) in [6.07, 6.45) is -6.22. The number of alkyl halides is 3. The van der Waals surface area contributed by atoms with Crippen LogP contribution in [0.4, 0.5) is 18.9 Å². The molecule has 1 aliphatic heterocycles. The molecular formula is C14H14ClF3N2O. The summed E-state index contributed by atoms with van der Waals surface area (Å²) < 4.78 is 38.2. The van der Waals surface area contributed by atoms with E-state index in [1.54, 1.807) is 13.0 Å². The third-order valence-corrected chi connectivity index (χ3v) is 4.27. The van der Waals surface area contributed by atoms with Crippen molar-refractivity contribution < 1.29 is 18.3 Å². The molecular weight excluding hydrogens is 305 g/mol. The molecule has 1 fully saturated rings. The normalized spacial score (nSPS) is 20.4. The van der Waals surface area contributed by atoms with E-state index in [1.165, 1.54) is 11.0 Å². The summed E-state index contributed by atoms with van der Waals surface area (Å²) in [6.45, 7) is 2.08. The molecule has 7 heteroatoms. The van der Waals surface area contributed by atoms with Gasteiger partial charge < -0.3 is 10.0 Å². The summed E-state index contributed by atoms with van der Waals surface area (Å²) in [5, 5.41) is 18.7. The van der Waals surface area contributed by atoms with Crippen LogP contribution in [0.25, 0.3) is 0 Å². The van der Waals surface area contributed by atoms with Crippen LogP contribution in [-0.4, -0.2) is 30.0 Å². The number of hydrogen-bond acceptors (Lipinski definition) is 3. The molecule has 114 valence electrons. The fourth-order valence-electron chi connectivity index (χ4n) is 2.71. The summed E-state index contributed by atoms with van der Waals surface area (Å²) in [5.74, 6) is 0. The molecule has 1 aromatic carbocycles. The van der Waals surface area contributed by atoms with Crippen molar-refractivity contribution in [3.63, 3.8) is 0 Å². The maximum Gasteiger partial charge on any atom is 0.416 e. The van der Waals surface area contributed by atoms with Crippen LogP contribution in [0.15, 0.2) is 12.1 Å². The predicted molar refractivity (Wildman–Crippen MR) is 73.3 cm³/mol. The molecule has 0 bridgehead atoms. The van der Waals surface area contributed by atoms with Crippen molar-refractivity contribution in [2.75, 3.05) is 11.4 Å². The van der Waals surface area contributed by atoms with Gasteiger partial charge >= 0.3 is 6.18 Å². The molecule has 0 saturated carbocycles. The first kappa shape index (κ1) is 15.9. The molecule has 1 aromatic rings. The molecule has 1 N–H and O–H groups in total. The average molecular weight is 319 g/mol. The Morgan fingerprint density at radius 3 is 2.71 bits per heavy atom. The van der Waals surface area contributed by atoms with Crippen molar-refractivity contribution in [2.45, 2.75) is 38.1 Å². The van der Waals surface area contributed by atoms with E-state index in [-0.39, 0.29) is 17.0 Å². The third-order valence-electron chi connectivity index (χ3n) is 3.79. The zero-order chi connectivity index (χ0) is 15.8. The first-order valence-corrected chi connectivity index (χ1v) is 6.85. The van der Waals surface area contributed by atoms with Gasteiger partial charge in [-0.1, -0.05) is 11.6 Å². The molecule has 2 rings (SSSR count). The van der Waals surface area contributed by atoms with E-state index < -0.39 is 18.3 Å². The van der Waals surface area contributed by atoms with E-state index in [2.05, 4.69) is 0 Å². The van der Waals surface area contributed by atoms with Gasteiger partial charge in [-0.05, 0) is 37.5 Å². The van der Waals surface area contributed by atoms with E-state index in [0.29, 0.717) is 24.2 Å². The fourth-order valence-corrected chi connectivity index (χ4v) is 2.91. The Bertz CT molecular complexity index is 583. The van der Waals surface area contributed by atoms with Gasteiger partial charge in [-0.15, -0.1) is 0 Å². The zero-order valence-corrected chi connectivity index (χ0v) is 12.0. The van der Waals surface area contributed by atoms with Gasteiger partial charge in [-0.3, -0.25) is 0 Å². The Hall–Kier alpha value is -1.45. The molecule has 1 unspecified atom stereocenters. The molecule has 0 aromatic heterocycles. The van der Waals surface area contributed by atoms with E-state index in [4.69, 9.17) is 16.9 Å². The summed E-state index contributed by atoms with van der Waals surface area (Å²) in [7, 11) is 0. The number of hydrogen-bond donors (Lipinski definition) is 1. The molecule has 0 spiro atoms. The second kappa shape index (κ2) is 5.74. The lowest BCUT2D eigenvalue weighted by Crippen LogP contribution is -2.47. The molecule has 1 heterocycles. The predicted octanol–water partition coefficient (Wildman–Crippen LogP) is 3.41. The van der Waals surface area contributed by atoms with Crippen LogP contribution in [0.1, 0.15) is 24.0 Å². The van der Waals surface area contributed by atoms with Gasteiger partial charge in [0.1, 0.15) is 6.07 Å². The number of nitrogens with zero attached hydrogens (tertiary/aromatic N) is 2. The lowest BCUT2D eigenvalue weighted by atomic mass is 10.0. The van der Waals surface area contributed by atoms with Crippen LogP contribution in [-0.2, 0) is 0 Å². The number of benzene rings is 1. The highest BCUT2D eigenvalue weighted by molar-refractivity contribution is 6.32. The van der Waals surface area contributed by atoms with Crippen molar-refractivity contribution in [2.24, 2.45) is 0 Å². The highest BCUT2D eigenvalue weighted by Crippen LogP contribution is 2.37. The summed E-state index contributed by atoms with van der Waals surface area (Å²) >= 11 is 6.06. The lowest BCUT2D eigenvalue weighted by molar-refractivity contribution is -0.209. The van der Waals surface area contributed by atoms with Gasteiger partial charge in [-0.2, -0.15) is 18.4 Å². The van der Waals surface area contributed by atoms with Gasteiger partial charge in [0.05, 0.1) is 16.6 Å². The standard InChI is InChI=1S/C14H14ClF3N2O/c1-8-10(5-4-9(7-19)12(8)15)20-6-2-3-11(20)13(21)14(16,17)18/h4-5,11,13,21H,2-3,6H2,1H3/t11?,13-/m1/s1. The molecule has 0 radical (unpaired) electrons. The minimum atomic E-state index is -4.66. The highest BCUT2D eigenvalue weighted by atomic mass is 35.5. The van der Waals surface area contributed by atoms with Crippen LogP contribution >= 0.6 is 11.6 Å². The van der Waals surface area contributed by atoms with Crippen LogP contribution in [0.5, 0.6) is 0 Å². The van der Waals surface area contributed by atoms with E-state index >= 15 is 0 Å². The Morgan fingerprint density at radius 1 is 1.48 bits per heavy atom. The fraction of sp³-hybridized carbons (Fsp3) is 0.500. The van der Waals surface area contributed by atoms with Crippen molar-refractivity contribution in [1.29, 1.82) is 5.26 Å². The number of aliphatic hydroxyl groups excluding tert-OH is 1. The zero-order valence-electron chi connectivity index (χ0n) is 11.3. The van der Waals surface area contributed by atoms with Crippen molar-refractivity contribution >= 4 is 17.3 Å². The molecule has 21 heavy (non-hydrogen) atoms. The van der Waals surface area contributed by atoms with Crippen molar-refractivity contribution in [3.05, 3.63) is 28.3 Å². The SMILES string of the molecule is Cc1c(N2CCCC2[C@@H](O)C(F)(F)F)ccc(C#N)c1Cl. The monoisotopic (exact) mass is 318 g/mol. The van der Waals surface area contributed by atoms with Gasteiger partial charge in [0, 0.05) is 12.2 Å². The van der Waals surface area contributed by atoms with Crippen molar-refractivity contribution in [1.82, 2.24) is 0 Å². The van der Waals surface area contributed by atoms with Crippen LogP contribution in [0.2, 0.25) is 5.02 Å². The first-order chi connectivity index (χ1) is 9.77. The molecule has 2 atom stereocenters. The smallest absolute Gasteiger partial charge is 0.382 e. The second-order valence-corrected chi connectivity index (χ2v) is 5.45. The molecule has 0 aliphatic carbocycles. The number of rotatable bonds is 2.